The van der Waals surface area contributed by atoms with Gasteiger partial charge in [-0.3, -0.25) is 0 Å². The van der Waals surface area contributed by atoms with Gasteiger partial charge < -0.3 is 20.5 Å². The maximum atomic E-state index is 11.7. The lowest BCUT2D eigenvalue weighted by Gasteiger charge is -2.32. The third kappa shape index (κ3) is 7.59. The average Bonchev–Trinajstić information content (AvgIpc) is 2.69. The molecule has 0 radical (unpaired) electrons. The van der Waals surface area contributed by atoms with Crippen LogP contribution >= 0.6 is 0 Å². The number of aliphatic hydroxyl groups is 1. The molecule has 0 aliphatic rings. The van der Waals surface area contributed by atoms with E-state index in [1.807, 2.05) is 19.1 Å². The van der Waals surface area contributed by atoms with E-state index >= 15 is 0 Å². The van der Waals surface area contributed by atoms with Crippen LogP contribution in [0.3, 0.4) is 0 Å². The minimum atomic E-state index is -0.304. The zero-order valence-corrected chi connectivity index (χ0v) is 17.2. The number of hydrogen-bond donors (Lipinski definition) is 3. The Morgan fingerprint density at radius 2 is 1.78 bits per heavy atom. The second-order valence-electron chi connectivity index (χ2n) is 6.65. The van der Waals surface area contributed by atoms with Gasteiger partial charge in [-0.05, 0) is 56.2 Å². The molecule has 152 valence electrons. The molecule has 6 heteroatoms. The highest BCUT2D eigenvalue weighted by molar-refractivity contribution is 5.89. The summed E-state index contributed by atoms with van der Waals surface area (Å²) >= 11 is 0. The molecular weight excluding hydrogens is 342 g/mol. The third-order valence-corrected chi connectivity index (χ3v) is 5.00. The maximum absolute atomic E-state index is 11.7. The van der Waals surface area contributed by atoms with Crippen LogP contribution in [0.25, 0.3) is 0 Å². The number of rotatable bonds is 11. The highest BCUT2D eigenvalue weighted by atomic mass is 16.5. The van der Waals surface area contributed by atoms with Crippen LogP contribution in [-0.2, 0) is 11.3 Å². The van der Waals surface area contributed by atoms with E-state index in [1.54, 1.807) is 19.1 Å². The van der Waals surface area contributed by atoms with E-state index in [0.29, 0.717) is 18.7 Å². The Bertz CT molecular complexity index is 581. The van der Waals surface area contributed by atoms with E-state index in [4.69, 9.17) is 4.74 Å². The van der Waals surface area contributed by atoms with Gasteiger partial charge in [0.1, 0.15) is 0 Å². The number of benzene rings is 1. The van der Waals surface area contributed by atoms with Gasteiger partial charge in [0.05, 0.1) is 18.7 Å². The maximum Gasteiger partial charge on any atom is 0.338 e. The van der Waals surface area contributed by atoms with Crippen LogP contribution in [0, 0.1) is 5.41 Å². The van der Waals surface area contributed by atoms with Crippen LogP contribution in [-0.4, -0.2) is 43.3 Å². The van der Waals surface area contributed by atoms with Crippen LogP contribution in [0.15, 0.2) is 29.3 Å². The number of carbonyl (C=O) groups excluding carboxylic acids is 1. The van der Waals surface area contributed by atoms with Crippen LogP contribution < -0.4 is 10.6 Å². The first-order valence-corrected chi connectivity index (χ1v) is 9.93. The molecule has 0 unspecified atom stereocenters. The minimum Gasteiger partial charge on any atom is -0.462 e. The van der Waals surface area contributed by atoms with Crippen molar-refractivity contribution >= 4 is 11.9 Å². The van der Waals surface area contributed by atoms with Gasteiger partial charge in [0.25, 0.3) is 0 Å². The predicted molar refractivity (Wildman–Crippen MR) is 110 cm³/mol. The fourth-order valence-corrected chi connectivity index (χ4v) is 2.92. The third-order valence-electron chi connectivity index (χ3n) is 5.00. The van der Waals surface area contributed by atoms with E-state index in [-0.39, 0.29) is 18.0 Å². The van der Waals surface area contributed by atoms with Gasteiger partial charge in [-0.25, -0.2) is 9.79 Å². The standard InChI is InChI=1S/C21H35N3O3/c1-5-21(6-2,13-14-25)16-24-20(22-7-3)23-15-17-9-11-18(12-10-17)19(26)27-8-4/h9-12,25H,5-8,13-16H2,1-4H3,(H2,22,23,24). The van der Waals surface area contributed by atoms with Gasteiger partial charge in [0.15, 0.2) is 5.96 Å². The van der Waals surface area contributed by atoms with Crippen molar-refractivity contribution < 1.29 is 14.6 Å². The molecule has 0 amide bonds. The monoisotopic (exact) mass is 377 g/mol. The van der Waals surface area contributed by atoms with Gasteiger partial charge in [-0.1, -0.05) is 26.0 Å². The lowest BCUT2D eigenvalue weighted by molar-refractivity contribution is 0.0526. The summed E-state index contributed by atoms with van der Waals surface area (Å²) in [5, 5.41) is 16.1. The molecule has 0 heterocycles. The molecule has 0 aliphatic heterocycles. The number of aliphatic hydroxyl groups excluding tert-OH is 1. The summed E-state index contributed by atoms with van der Waals surface area (Å²) < 4.78 is 5.00. The zero-order chi connectivity index (χ0) is 20.1. The van der Waals surface area contributed by atoms with Gasteiger partial charge >= 0.3 is 5.97 Å². The molecule has 1 rings (SSSR count). The first-order valence-electron chi connectivity index (χ1n) is 9.93. The quantitative estimate of drug-likeness (QED) is 0.314. The Hall–Kier alpha value is -2.08. The molecule has 0 atom stereocenters. The van der Waals surface area contributed by atoms with E-state index in [2.05, 4.69) is 29.5 Å². The molecule has 6 nitrogen and oxygen atoms in total. The number of ether oxygens (including phenoxy) is 1. The van der Waals surface area contributed by atoms with E-state index < -0.39 is 0 Å². The van der Waals surface area contributed by atoms with Crippen molar-refractivity contribution in [2.24, 2.45) is 10.4 Å². The molecule has 0 aliphatic carbocycles. The number of aliphatic imine (C=N–C) groups is 1. The van der Waals surface area contributed by atoms with Crippen LogP contribution in [0.1, 0.15) is 62.9 Å². The van der Waals surface area contributed by atoms with Crippen molar-refractivity contribution in [2.45, 2.75) is 53.5 Å². The summed E-state index contributed by atoms with van der Waals surface area (Å²) in [6.45, 7) is 10.8. The van der Waals surface area contributed by atoms with Crippen molar-refractivity contribution in [1.29, 1.82) is 0 Å². The van der Waals surface area contributed by atoms with Gasteiger partial charge in [0, 0.05) is 19.7 Å². The Balaban J connectivity index is 2.74. The SMILES string of the molecule is CCNC(=NCc1ccc(C(=O)OCC)cc1)NCC(CC)(CC)CCO. The molecule has 0 spiro atoms. The first-order chi connectivity index (χ1) is 13.0. The second-order valence-corrected chi connectivity index (χ2v) is 6.65. The number of guanidine groups is 1. The fourth-order valence-electron chi connectivity index (χ4n) is 2.92. The van der Waals surface area contributed by atoms with Crippen molar-refractivity contribution in [3.05, 3.63) is 35.4 Å². The van der Waals surface area contributed by atoms with Crippen LogP contribution in [0.5, 0.6) is 0 Å². The second kappa shape index (κ2) is 12.3. The number of esters is 1. The van der Waals surface area contributed by atoms with Crippen molar-refractivity contribution in [1.82, 2.24) is 10.6 Å². The molecule has 3 N–H and O–H groups in total. The van der Waals surface area contributed by atoms with Gasteiger partial charge in [0.2, 0.25) is 0 Å². The van der Waals surface area contributed by atoms with E-state index in [1.165, 1.54) is 0 Å². The molecule has 1 aromatic rings. The number of nitrogens with one attached hydrogen (secondary N) is 2. The molecule has 1 aromatic carbocycles. The molecular formula is C21H35N3O3. The van der Waals surface area contributed by atoms with E-state index in [0.717, 1.165) is 43.9 Å². The Morgan fingerprint density at radius 3 is 2.30 bits per heavy atom. The van der Waals surface area contributed by atoms with Crippen LogP contribution in [0.2, 0.25) is 0 Å². The van der Waals surface area contributed by atoms with Gasteiger partial charge in [-0.2, -0.15) is 0 Å². The molecule has 0 fully saturated rings. The summed E-state index contributed by atoms with van der Waals surface area (Å²) in [5.74, 6) is 0.457. The lowest BCUT2D eigenvalue weighted by Crippen LogP contribution is -2.43. The van der Waals surface area contributed by atoms with E-state index in [9.17, 15) is 9.90 Å². The summed E-state index contributed by atoms with van der Waals surface area (Å²) in [7, 11) is 0. The summed E-state index contributed by atoms with van der Waals surface area (Å²) in [6.07, 6.45) is 2.79. The lowest BCUT2D eigenvalue weighted by atomic mass is 9.79. The summed E-state index contributed by atoms with van der Waals surface area (Å²) in [5.41, 5.74) is 1.65. The summed E-state index contributed by atoms with van der Waals surface area (Å²) in [6, 6.07) is 7.33. The average molecular weight is 378 g/mol. The Kier molecular flexibility index (Phi) is 10.5. The molecule has 0 aromatic heterocycles. The largest absolute Gasteiger partial charge is 0.462 e. The number of hydrogen-bond acceptors (Lipinski definition) is 4. The Morgan fingerprint density at radius 1 is 1.11 bits per heavy atom. The fraction of sp³-hybridized carbons (Fsp3) is 0.619. The topological polar surface area (TPSA) is 83.0 Å². The zero-order valence-electron chi connectivity index (χ0n) is 17.2. The Labute approximate surface area is 163 Å². The van der Waals surface area contributed by atoms with Crippen molar-refractivity contribution in [3.63, 3.8) is 0 Å². The smallest absolute Gasteiger partial charge is 0.338 e. The number of nitrogens with zero attached hydrogens (tertiary/aromatic N) is 1. The molecule has 27 heavy (non-hydrogen) atoms. The summed E-state index contributed by atoms with van der Waals surface area (Å²) in [4.78, 5) is 16.4. The minimum absolute atomic E-state index is 0.0756. The normalized spacial score (nSPS) is 12.0. The predicted octanol–water partition coefficient (Wildman–Crippen LogP) is 3.11. The first kappa shape index (κ1) is 23.0. The van der Waals surface area contributed by atoms with Crippen molar-refractivity contribution in [3.8, 4) is 0 Å². The molecule has 0 saturated carbocycles. The van der Waals surface area contributed by atoms with Gasteiger partial charge in [-0.15, -0.1) is 0 Å². The van der Waals surface area contributed by atoms with Crippen LogP contribution in [0.4, 0.5) is 0 Å². The van der Waals surface area contributed by atoms with Crippen molar-refractivity contribution in [2.75, 3.05) is 26.3 Å². The highest BCUT2D eigenvalue weighted by Gasteiger charge is 2.25. The number of carbonyl (C=O) groups is 1. The highest BCUT2D eigenvalue weighted by Crippen LogP contribution is 2.29. The molecule has 0 saturated heterocycles. The molecule has 0 bridgehead atoms.